The fraction of sp³-hybridized carbons (Fsp3) is 0.500. The van der Waals surface area contributed by atoms with E-state index >= 15 is 4.39 Å². The summed E-state index contributed by atoms with van der Waals surface area (Å²) in [5.41, 5.74) is 1.64. The van der Waals surface area contributed by atoms with Crippen molar-refractivity contribution in [2.45, 2.75) is 63.0 Å². The van der Waals surface area contributed by atoms with E-state index in [4.69, 9.17) is 4.74 Å². The molecule has 166 valence electrons. The van der Waals surface area contributed by atoms with Gasteiger partial charge in [-0.05, 0) is 50.6 Å². The molecule has 1 aromatic carbocycles. The molecule has 2 heterocycles. The predicted octanol–water partition coefficient (Wildman–Crippen LogP) is 5.66. The first-order valence-electron chi connectivity index (χ1n) is 10.1. The van der Waals surface area contributed by atoms with Gasteiger partial charge in [-0.15, -0.1) is 0 Å². The lowest BCUT2D eigenvalue weighted by molar-refractivity contribution is -0.00652. The average Bonchev–Trinajstić information content (AvgIpc) is 3.00. The van der Waals surface area contributed by atoms with Gasteiger partial charge in [0.1, 0.15) is 17.5 Å². The number of halogens is 3. The van der Waals surface area contributed by atoms with Gasteiger partial charge in [-0.2, -0.15) is 8.78 Å². The van der Waals surface area contributed by atoms with Crippen molar-refractivity contribution in [2.24, 2.45) is 0 Å². The summed E-state index contributed by atoms with van der Waals surface area (Å²) in [5, 5.41) is 0.265. The van der Waals surface area contributed by atoms with Crippen molar-refractivity contribution in [1.29, 1.82) is 0 Å². The number of ether oxygens (including phenoxy) is 1. The quantitative estimate of drug-likeness (QED) is 0.435. The fourth-order valence-electron chi connectivity index (χ4n) is 3.94. The number of carbonyl (C=O) groups excluding carboxylic acids is 1. The van der Waals surface area contributed by atoms with E-state index < -0.39 is 23.8 Å². The Morgan fingerprint density at radius 2 is 2.03 bits per heavy atom. The van der Waals surface area contributed by atoms with E-state index in [1.807, 2.05) is 0 Å². The highest BCUT2D eigenvalue weighted by atomic mass is 32.2. The van der Waals surface area contributed by atoms with Crippen LogP contribution in [0, 0.1) is 0 Å². The van der Waals surface area contributed by atoms with Gasteiger partial charge in [-0.1, -0.05) is 23.9 Å². The molecule has 0 fully saturated rings. The molecule has 1 amide bonds. The molecule has 2 aromatic rings. The van der Waals surface area contributed by atoms with E-state index in [2.05, 4.69) is 9.97 Å². The lowest BCUT2D eigenvalue weighted by Crippen LogP contribution is -2.40. The van der Waals surface area contributed by atoms with Crippen molar-refractivity contribution in [3.63, 3.8) is 0 Å². The smallest absolute Gasteiger partial charge is 0.410 e. The third-order valence-electron chi connectivity index (χ3n) is 5.35. The molecular weight excluding hydrogens is 427 g/mol. The van der Waals surface area contributed by atoms with E-state index in [-0.39, 0.29) is 36.8 Å². The van der Waals surface area contributed by atoms with Gasteiger partial charge in [0.25, 0.3) is 5.92 Å². The molecule has 31 heavy (non-hydrogen) atoms. The molecule has 0 radical (unpaired) electrons. The highest BCUT2D eigenvalue weighted by Crippen LogP contribution is 2.44. The normalized spacial score (nSPS) is 19.7. The number of thioether (sulfide) groups is 1. The van der Waals surface area contributed by atoms with Gasteiger partial charge in [0.05, 0.1) is 12.2 Å². The summed E-state index contributed by atoms with van der Waals surface area (Å²) < 4.78 is 49.0. The molecule has 0 spiro atoms. The number of aromatic nitrogens is 2. The first-order valence-corrected chi connectivity index (χ1v) is 11.3. The molecule has 4 rings (SSSR count). The van der Waals surface area contributed by atoms with E-state index in [9.17, 15) is 13.6 Å². The second-order valence-electron chi connectivity index (χ2n) is 8.83. The maximum Gasteiger partial charge on any atom is 0.410 e. The summed E-state index contributed by atoms with van der Waals surface area (Å²) in [7, 11) is 0. The number of rotatable bonds is 2. The summed E-state index contributed by atoms with van der Waals surface area (Å²) in [5.74, 6) is -2.98. The third-order valence-corrected chi connectivity index (χ3v) is 5.90. The monoisotopic (exact) mass is 451 g/mol. The molecular formula is C22H24F3N3O2S. The third kappa shape index (κ3) is 4.24. The minimum Gasteiger partial charge on any atom is -0.444 e. The van der Waals surface area contributed by atoms with Crippen LogP contribution in [0.25, 0.3) is 11.3 Å². The molecule has 1 aromatic heterocycles. The number of amides is 1. The second kappa shape index (κ2) is 7.69. The Morgan fingerprint density at radius 1 is 1.29 bits per heavy atom. The van der Waals surface area contributed by atoms with Crippen LogP contribution in [-0.4, -0.2) is 39.4 Å². The maximum absolute atomic E-state index is 15.1. The van der Waals surface area contributed by atoms with Crippen LogP contribution in [0.3, 0.4) is 0 Å². The Labute approximate surface area is 183 Å². The molecule has 1 aliphatic carbocycles. The van der Waals surface area contributed by atoms with Gasteiger partial charge in [-0.3, -0.25) is 0 Å². The molecule has 1 unspecified atom stereocenters. The molecule has 0 N–H and O–H groups in total. The standard InChI is InChI=1S/C22H24F3N3O2S/c1-21(2,3)30-20(29)28-10-13-6-5-12(9-15(13)16(23)11-28)17-14-7-8-22(24,25)18(14)27-19(26-17)31-4/h5-6,9,16H,7-8,10-11H2,1-4H3. The van der Waals surface area contributed by atoms with Gasteiger partial charge < -0.3 is 9.64 Å². The summed E-state index contributed by atoms with van der Waals surface area (Å²) in [4.78, 5) is 22.2. The molecule has 0 saturated carbocycles. The van der Waals surface area contributed by atoms with Crippen LogP contribution < -0.4 is 0 Å². The van der Waals surface area contributed by atoms with E-state index in [0.717, 1.165) is 0 Å². The fourth-order valence-corrected chi connectivity index (χ4v) is 4.30. The largest absolute Gasteiger partial charge is 0.444 e. The van der Waals surface area contributed by atoms with E-state index in [1.165, 1.54) is 16.7 Å². The first kappa shape index (κ1) is 21.9. The van der Waals surface area contributed by atoms with Crippen LogP contribution in [0.1, 0.15) is 55.7 Å². The van der Waals surface area contributed by atoms with Gasteiger partial charge >= 0.3 is 6.09 Å². The van der Waals surface area contributed by atoms with Crippen molar-refractivity contribution < 1.29 is 22.7 Å². The average molecular weight is 452 g/mol. The highest BCUT2D eigenvalue weighted by molar-refractivity contribution is 7.98. The zero-order chi connectivity index (χ0) is 22.6. The molecule has 0 saturated heterocycles. The van der Waals surface area contributed by atoms with Crippen molar-refractivity contribution >= 4 is 17.9 Å². The molecule has 1 aliphatic heterocycles. The van der Waals surface area contributed by atoms with Crippen LogP contribution >= 0.6 is 11.8 Å². The van der Waals surface area contributed by atoms with Crippen LogP contribution in [0.5, 0.6) is 0 Å². The highest BCUT2D eigenvalue weighted by Gasteiger charge is 2.43. The second-order valence-corrected chi connectivity index (χ2v) is 9.61. The number of fused-ring (bicyclic) bond motifs is 2. The number of nitrogens with zero attached hydrogens (tertiary/aromatic N) is 3. The number of hydrogen-bond donors (Lipinski definition) is 0. The minimum atomic E-state index is -2.98. The van der Waals surface area contributed by atoms with Gasteiger partial charge in [0.15, 0.2) is 5.16 Å². The SMILES string of the molecule is CSc1nc(-c2ccc3c(c2)C(F)CN(C(=O)OC(C)(C)C)C3)c2c(n1)C(F)(F)CC2. The lowest BCUT2D eigenvalue weighted by atomic mass is 9.94. The van der Waals surface area contributed by atoms with E-state index in [0.29, 0.717) is 27.9 Å². The zero-order valence-corrected chi connectivity index (χ0v) is 18.7. The molecule has 2 aliphatic rings. The minimum absolute atomic E-state index is 0.124. The lowest BCUT2D eigenvalue weighted by Gasteiger charge is -2.33. The van der Waals surface area contributed by atoms with Gasteiger partial charge in [0, 0.05) is 24.1 Å². The van der Waals surface area contributed by atoms with Crippen molar-refractivity contribution in [1.82, 2.24) is 14.9 Å². The topological polar surface area (TPSA) is 55.3 Å². The Kier molecular flexibility index (Phi) is 5.44. The molecule has 0 bridgehead atoms. The van der Waals surface area contributed by atoms with Crippen LogP contribution in [-0.2, 0) is 23.6 Å². The number of carbonyl (C=O) groups is 1. The Morgan fingerprint density at radius 3 is 2.71 bits per heavy atom. The Hall–Kier alpha value is -2.29. The van der Waals surface area contributed by atoms with Gasteiger partial charge in [-0.25, -0.2) is 19.2 Å². The molecule has 9 heteroatoms. The number of benzene rings is 1. The first-order chi connectivity index (χ1) is 14.5. The summed E-state index contributed by atoms with van der Waals surface area (Å²) in [6.45, 7) is 5.37. The Balaban J connectivity index is 1.69. The van der Waals surface area contributed by atoms with Crippen molar-refractivity contribution in [3.8, 4) is 11.3 Å². The van der Waals surface area contributed by atoms with E-state index in [1.54, 1.807) is 45.2 Å². The molecule has 1 atom stereocenters. The zero-order valence-electron chi connectivity index (χ0n) is 17.8. The van der Waals surface area contributed by atoms with Crippen LogP contribution in [0.4, 0.5) is 18.0 Å². The number of hydrogen-bond acceptors (Lipinski definition) is 5. The van der Waals surface area contributed by atoms with Crippen molar-refractivity contribution in [3.05, 3.63) is 40.6 Å². The summed E-state index contributed by atoms with van der Waals surface area (Å²) in [6.07, 6.45) is -0.370. The predicted molar refractivity (Wildman–Crippen MR) is 112 cm³/mol. The van der Waals surface area contributed by atoms with Gasteiger partial charge in [0.2, 0.25) is 0 Å². The summed E-state index contributed by atoms with van der Waals surface area (Å²) in [6, 6.07) is 5.14. The molecule has 5 nitrogen and oxygen atoms in total. The maximum atomic E-state index is 15.1. The Bertz CT molecular complexity index is 1040. The van der Waals surface area contributed by atoms with Crippen LogP contribution in [0.15, 0.2) is 23.4 Å². The van der Waals surface area contributed by atoms with Crippen LogP contribution in [0.2, 0.25) is 0 Å². The van der Waals surface area contributed by atoms with Crippen molar-refractivity contribution in [2.75, 3.05) is 12.8 Å². The summed E-state index contributed by atoms with van der Waals surface area (Å²) >= 11 is 1.19. The number of alkyl halides is 3.